The fourth-order valence-electron chi connectivity index (χ4n) is 2.72. The highest BCUT2D eigenvalue weighted by atomic mass is 16.7. The van der Waals surface area contributed by atoms with E-state index in [9.17, 15) is 4.79 Å². The van der Waals surface area contributed by atoms with Crippen molar-refractivity contribution in [1.82, 2.24) is 9.78 Å². The second kappa shape index (κ2) is 6.32. The van der Waals surface area contributed by atoms with Gasteiger partial charge < -0.3 is 14.8 Å². The van der Waals surface area contributed by atoms with Gasteiger partial charge in [0.25, 0.3) is 5.91 Å². The first-order valence-electron chi connectivity index (χ1n) is 7.97. The minimum Gasteiger partial charge on any atom is -0.454 e. The molecule has 0 spiro atoms. The van der Waals surface area contributed by atoms with Crippen LogP contribution in [0.3, 0.4) is 0 Å². The van der Waals surface area contributed by atoms with Crippen LogP contribution in [0.4, 0.5) is 5.69 Å². The van der Waals surface area contributed by atoms with E-state index in [-0.39, 0.29) is 12.7 Å². The summed E-state index contributed by atoms with van der Waals surface area (Å²) in [7, 11) is 0. The van der Waals surface area contributed by atoms with Crippen molar-refractivity contribution in [3.63, 3.8) is 0 Å². The normalized spacial score (nSPS) is 12.2. The molecule has 0 atom stereocenters. The van der Waals surface area contributed by atoms with Crippen LogP contribution in [0.1, 0.15) is 21.5 Å². The van der Waals surface area contributed by atoms with E-state index in [1.54, 1.807) is 29.1 Å². The second-order valence-corrected chi connectivity index (χ2v) is 5.88. The van der Waals surface area contributed by atoms with E-state index in [0.29, 0.717) is 29.3 Å². The van der Waals surface area contributed by atoms with Crippen molar-refractivity contribution in [3.8, 4) is 11.5 Å². The first-order valence-corrected chi connectivity index (χ1v) is 7.97. The monoisotopic (exact) mass is 335 g/mol. The number of ether oxygens (including phenoxy) is 2. The number of aromatic nitrogens is 2. The second-order valence-electron chi connectivity index (χ2n) is 5.88. The summed E-state index contributed by atoms with van der Waals surface area (Å²) in [5.41, 5.74) is 3.57. The van der Waals surface area contributed by atoms with E-state index >= 15 is 0 Å². The molecule has 6 nitrogen and oxygen atoms in total. The molecule has 6 heteroatoms. The average molecular weight is 335 g/mol. The Morgan fingerprint density at radius 1 is 1.20 bits per heavy atom. The van der Waals surface area contributed by atoms with Gasteiger partial charge in [0.1, 0.15) is 0 Å². The Morgan fingerprint density at radius 3 is 2.92 bits per heavy atom. The Hall–Kier alpha value is -3.28. The van der Waals surface area contributed by atoms with Crippen molar-refractivity contribution in [1.29, 1.82) is 0 Å². The molecule has 0 saturated heterocycles. The van der Waals surface area contributed by atoms with Crippen LogP contribution in [0.15, 0.2) is 54.9 Å². The highest BCUT2D eigenvalue weighted by molar-refractivity contribution is 6.04. The molecule has 25 heavy (non-hydrogen) atoms. The number of fused-ring (bicyclic) bond motifs is 1. The van der Waals surface area contributed by atoms with Crippen LogP contribution < -0.4 is 14.8 Å². The smallest absolute Gasteiger partial charge is 0.255 e. The Labute approximate surface area is 145 Å². The lowest BCUT2D eigenvalue weighted by Gasteiger charge is -2.05. The standard InChI is InChI=1S/C19H17N3O3/c1-13-4-2-3-5-15(13)10-22-11-16(9-20-22)21-19(23)14-6-7-17-18(8-14)25-12-24-17/h2-9,11H,10,12H2,1H3,(H,21,23). The molecule has 1 aromatic heterocycles. The van der Waals surface area contributed by atoms with E-state index in [1.165, 1.54) is 11.1 Å². The summed E-state index contributed by atoms with van der Waals surface area (Å²) in [6.45, 7) is 2.92. The van der Waals surface area contributed by atoms with E-state index in [1.807, 2.05) is 18.3 Å². The van der Waals surface area contributed by atoms with Crippen molar-refractivity contribution in [2.45, 2.75) is 13.5 Å². The molecule has 1 amide bonds. The van der Waals surface area contributed by atoms with Crippen LogP contribution in [0, 0.1) is 6.92 Å². The van der Waals surface area contributed by atoms with E-state index in [2.05, 4.69) is 29.5 Å². The molecular weight excluding hydrogens is 318 g/mol. The maximum atomic E-state index is 12.4. The van der Waals surface area contributed by atoms with Crippen molar-refractivity contribution in [3.05, 3.63) is 71.5 Å². The summed E-state index contributed by atoms with van der Waals surface area (Å²) in [6.07, 6.45) is 3.46. The molecule has 0 bridgehead atoms. The van der Waals surface area contributed by atoms with Gasteiger partial charge in [-0.3, -0.25) is 9.48 Å². The van der Waals surface area contributed by atoms with Crippen LogP contribution in [-0.2, 0) is 6.54 Å². The molecule has 1 aliphatic rings. The third-order valence-corrected chi connectivity index (χ3v) is 4.12. The number of hydrogen-bond donors (Lipinski definition) is 1. The highest BCUT2D eigenvalue weighted by Crippen LogP contribution is 2.32. The van der Waals surface area contributed by atoms with Crippen molar-refractivity contribution in [2.24, 2.45) is 0 Å². The van der Waals surface area contributed by atoms with Crippen LogP contribution in [0.5, 0.6) is 11.5 Å². The Morgan fingerprint density at radius 2 is 2.04 bits per heavy atom. The Balaban J connectivity index is 1.46. The zero-order valence-corrected chi connectivity index (χ0v) is 13.7. The quantitative estimate of drug-likeness (QED) is 0.795. The van der Waals surface area contributed by atoms with Crippen LogP contribution >= 0.6 is 0 Å². The molecule has 3 aromatic rings. The van der Waals surface area contributed by atoms with Crippen molar-refractivity contribution >= 4 is 11.6 Å². The molecule has 0 fully saturated rings. The average Bonchev–Trinajstić information content (AvgIpc) is 3.25. The largest absolute Gasteiger partial charge is 0.454 e. The van der Waals surface area contributed by atoms with Crippen molar-refractivity contribution in [2.75, 3.05) is 12.1 Å². The molecule has 1 aliphatic heterocycles. The van der Waals surface area contributed by atoms with Gasteiger partial charge in [0.05, 0.1) is 18.4 Å². The van der Waals surface area contributed by atoms with Crippen molar-refractivity contribution < 1.29 is 14.3 Å². The van der Waals surface area contributed by atoms with Gasteiger partial charge in [0, 0.05) is 11.8 Å². The van der Waals surface area contributed by atoms with Crippen LogP contribution in [0.2, 0.25) is 0 Å². The van der Waals surface area contributed by atoms with Gasteiger partial charge in [0.15, 0.2) is 11.5 Å². The summed E-state index contributed by atoms with van der Waals surface area (Å²) >= 11 is 0. The number of amides is 1. The van der Waals surface area contributed by atoms with E-state index in [4.69, 9.17) is 9.47 Å². The third kappa shape index (κ3) is 3.19. The molecule has 1 N–H and O–H groups in total. The zero-order valence-electron chi connectivity index (χ0n) is 13.7. The first-order chi connectivity index (χ1) is 12.2. The maximum absolute atomic E-state index is 12.4. The van der Waals surface area contributed by atoms with Gasteiger partial charge in [-0.25, -0.2) is 0 Å². The summed E-state index contributed by atoms with van der Waals surface area (Å²) in [5, 5.41) is 7.17. The molecule has 0 saturated carbocycles. The summed E-state index contributed by atoms with van der Waals surface area (Å²) in [4.78, 5) is 12.4. The Kier molecular flexibility index (Phi) is 3.85. The minimum atomic E-state index is -0.214. The number of hydrogen-bond acceptors (Lipinski definition) is 4. The number of nitrogens with one attached hydrogen (secondary N) is 1. The molecule has 2 heterocycles. The zero-order chi connectivity index (χ0) is 17.2. The Bertz CT molecular complexity index is 933. The van der Waals surface area contributed by atoms with Gasteiger partial charge in [-0.05, 0) is 36.2 Å². The number of rotatable bonds is 4. The minimum absolute atomic E-state index is 0.187. The summed E-state index contributed by atoms with van der Waals surface area (Å²) in [6, 6.07) is 13.3. The molecule has 0 unspecified atom stereocenters. The number of carbonyl (C=O) groups excluding carboxylic acids is 1. The molecule has 4 rings (SSSR count). The fraction of sp³-hybridized carbons (Fsp3) is 0.158. The number of carbonyl (C=O) groups is 1. The first kappa shape index (κ1) is 15.3. The molecule has 126 valence electrons. The number of anilines is 1. The molecule has 2 aromatic carbocycles. The van der Waals surface area contributed by atoms with Crippen LogP contribution in [-0.4, -0.2) is 22.5 Å². The maximum Gasteiger partial charge on any atom is 0.255 e. The summed E-state index contributed by atoms with van der Waals surface area (Å²) in [5.74, 6) is 1.03. The molecule has 0 aliphatic carbocycles. The van der Waals surface area contributed by atoms with Gasteiger partial charge in [0.2, 0.25) is 6.79 Å². The number of benzene rings is 2. The predicted molar refractivity (Wildman–Crippen MR) is 93.0 cm³/mol. The fourth-order valence-corrected chi connectivity index (χ4v) is 2.72. The third-order valence-electron chi connectivity index (χ3n) is 4.12. The van der Waals surface area contributed by atoms with Gasteiger partial charge in [-0.1, -0.05) is 24.3 Å². The van der Waals surface area contributed by atoms with Gasteiger partial charge >= 0.3 is 0 Å². The van der Waals surface area contributed by atoms with Gasteiger partial charge in [-0.15, -0.1) is 0 Å². The van der Waals surface area contributed by atoms with Crippen LogP contribution in [0.25, 0.3) is 0 Å². The molecule has 0 radical (unpaired) electrons. The van der Waals surface area contributed by atoms with Gasteiger partial charge in [-0.2, -0.15) is 5.10 Å². The predicted octanol–water partition coefficient (Wildman–Crippen LogP) is 3.22. The summed E-state index contributed by atoms with van der Waals surface area (Å²) < 4.78 is 12.4. The lowest BCUT2D eigenvalue weighted by atomic mass is 10.1. The number of nitrogens with zero attached hydrogens (tertiary/aromatic N) is 2. The highest BCUT2D eigenvalue weighted by Gasteiger charge is 2.16. The van der Waals surface area contributed by atoms with E-state index < -0.39 is 0 Å². The lowest BCUT2D eigenvalue weighted by molar-refractivity contribution is 0.102. The topological polar surface area (TPSA) is 65.4 Å². The van der Waals surface area contributed by atoms with E-state index in [0.717, 1.165) is 0 Å². The lowest BCUT2D eigenvalue weighted by Crippen LogP contribution is -2.11. The SMILES string of the molecule is Cc1ccccc1Cn1cc(NC(=O)c2ccc3c(c2)OCO3)cn1. The number of aryl methyl sites for hydroxylation is 1. The molecular formula is C19H17N3O3.